The lowest BCUT2D eigenvalue weighted by atomic mass is 10.0. The molecule has 11 N–H and O–H groups in total. The summed E-state index contributed by atoms with van der Waals surface area (Å²) in [6, 6.07) is 12.0. The van der Waals surface area contributed by atoms with Crippen LogP contribution in [0.1, 0.15) is 78.0 Å². The number of carbonyl (C=O) groups is 1. The largest absolute Gasteiger partial charge is 0.386 e. The maximum Gasteiger partial charge on any atom is 0.248 e. The molecule has 2 saturated heterocycles. The van der Waals surface area contributed by atoms with Crippen LogP contribution in [0.4, 0.5) is 23.5 Å². The summed E-state index contributed by atoms with van der Waals surface area (Å²) in [5.41, 5.74) is 30.3. The number of primary amides is 1. The summed E-state index contributed by atoms with van der Waals surface area (Å²) in [6.45, 7) is 17.0. The number of aliphatic imine (C=N–C) groups is 1. The molecule has 308 valence electrons. The molecule has 1 aromatic carbocycles. The molecule has 0 spiro atoms. The Balaban J connectivity index is 0.000000214. The van der Waals surface area contributed by atoms with Crippen LogP contribution in [-0.2, 0) is 6.54 Å². The minimum atomic E-state index is -0.394. The molecule has 0 radical (unpaired) electrons. The average molecular weight is 791 g/mol. The standard InChI is InChI=1S/C22H27N7O.C17H25N9.C2H6/c1-13-10-14(2)25-21-18(13)19(23)27-22(28-21)26-17-6-8-29(9-7-17)12-15-4-3-5-16(11-15)20(24)30;1-10-7-11(2)22-16-14(10)15(20)24-17(25-16)23-12-3-5-26(6-4-12)8-13(19)21-9-18;1-2/h3-5,10-11,17H,6-9,12H2,1-2H3,(H2,24,30)(H3,23,25,26,27,28);7,9,12H,3-6,8H2,1-2H3,(H3,18,19,21)(H3,20,22,23,24,25);1-2H3. The number of aromatic nitrogens is 6. The number of nitrogens with zero attached hydrogens (tertiary/aromatic N) is 9. The highest BCUT2D eigenvalue weighted by molar-refractivity contribution is 5.93. The second-order valence-electron chi connectivity index (χ2n) is 14.6. The lowest BCUT2D eigenvalue weighted by Crippen LogP contribution is -2.43. The first kappa shape index (κ1) is 43.1. The van der Waals surface area contributed by atoms with Crippen molar-refractivity contribution in [3.63, 3.8) is 0 Å². The van der Waals surface area contributed by atoms with Gasteiger partial charge in [-0.25, -0.2) is 15.0 Å². The second-order valence-corrected chi connectivity index (χ2v) is 14.6. The van der Waals surface area contributed by atoms with Crippen LogP contribution in [0.15, 0.2) is 41.4 Å². The molecule has 2 aliphatic heterocycles. The van der Waals surface area contributed by atoms with Crippen molar-refractivity contribution >= 4 is 63.7 Å². The highest BCUT2D eigenvalue weighted by Crippen LogP contribution is 2.26. The van der Waals surface area contributed by atoms with Crippen LogP contribution in [0, 0.1) is 33.1 Å². The minimum Gasteiger partial charge on any atom is -0.386 e. The molecule has 2 aliphatic rings. The number of benzene rings is 1. The number of rotatable bonds is 10. The van der Waals surface area contributed by atoms with Gasteiger partial charge in [0.2, 0.25) is 17.8 Å². The highest BCUT2D eigenvalue weighted by atomic mass is 16.1. The predicted octanol–water partition coefficient (Wildman–Crippen LogP) is 4.49. The maximum atomic E-state index is 11.4. The Morgan fingerprint density at radius 1 is 0.759 bits per heavy atom. The zero-order valence-corrected chi connectivity index (χ0v) is 34.5. The Morgan fingerprint density at radius 2 is 1.24 bits per heavy atom. The molecule has 0 atom stereocenters. The maximum absolute atomic E-state index is 11.4. The second kappa shape index (κ2) is 19.9. The van der Waals surface area contributed by atoms with Crippen LogP contribution in [0.25, 0.3) is 22.1 Å². The fourth-order valence-electron chi connectivity index (χ4n) is 7.42. The minimum absolute atomic E-state index is 0.273. The van der Waals surface area contributed by atoms with E-state index in [0.29, 0.717) is 52.8 Å². The van der Waals surface area contributed by atoms with E-state index in [-0.39, 0.29) is 12.1 Å². The van der Waals surface area contributed by atoms with E-state index in [4.69, 9.17) is 28.3 Å². The van der Waals surface area contributed by atoms with Gasteiger partial charge in [-0.1, -0.05) is 26.0 Å². The Morgan fingerprint density at radius 3 is 1.71 bits per heavy atom. The van der Waals surface area contributed by atoms with E-state index in [1.807, 2.05) is 71.9 Å². The topological polar surface area (TPSA) is 265 Å². The third kappa shape index (κ3) is 11.3. The number of hydrogen-bond donors (Lipinski definition) is 7. The molecule has 6 heterocycles. The molecule has 7 rings (SSSR count). The number of aryl methyl sites for hydroxylation is 4. The van der Waals surface area contributed by atoms with Crippen molar-refractivity contribution in [2.45, 2.75) is 85.9 Å². The first-order valence-corrected chi connectivity index (χ1v) is 19.9. The number of hydrogen-bond acceptors (Lipinski definition) is 14. The van der Waals surface area contributed by atoms with E-state index in [1.54, 1.807) is 6.07 Å². The van der Waals surface area contributed by atoms with Crippen LogP contribution in [0.3, 0.4) is 0 Å². The molecule has 0 unspecified atom stereocenters. The van der Waals surface area contributed by atoms with Crippen molar-refractivity contribution in [3.05, 3.63) is 70.0 Å². The summed E-state index contributed by atoms with van der Waals surface area (Å²) in [4.78, 5) is 46.8. The molecule has 17 nitrogen and oxygen atoms in total. The van der Waals surface area contributed by atoms with Gasteiger partial charge in [-0.05, 0) is 94.3 Å². The van der Waals surface area contributed by atoms with Crippen molar-refractivity contribution in [1.82, 2.24) is 39.7 Å². The van der Waals surface area contributed by atoms with Crippen molar-refractivity contribution in [2.75, 3.05) is 54.8 Å². The van der Waals surface area contributed by atoms with Crippen molar-refractivity contribution in [2.24, 2.45) is 16.5 Å². The fraction of sp³-hybridized carbons (Fsp3) is 0.439. The van der Waals surface area contributed by atoms with Crippen molar-refractivity contribution in [1.29, 1.82) is 5.41 Å². The van der Waals surface area contributed by atoms with Gasteiger partial charge in [-0.2, -0.15) is 19.9 Å². The first-order chi connectivity index (χ1) is 27.8. The van der Waals surface area contributed by atoms with Gasteiger partial charge in [0.15, 0.2) is 11.3 Å². The quantitative estimate of drug-likeness (QED) is 0.0759. The zero-order valence-electron chi connectivity index (χ0n) is 34.5. The Hall–Kier alpha value is -6.07. The SMILES string of the molecule is CC.Cc1cc(C)c2c(N)nc(NC3CCN(CC(N)=NC=N)CC3)nc2n1.Cc1cc(C)c2c(N)nc(NC3CCN(Cc4cccc(C(N)=O)c4)CC3)nc2n1. The van der Waals surface area contributed by atoms with Crippen LogP contribution in [0.5, 0.6) is 0 Å². The van der Waals surface area contributed by atoms with Gasteiger partial charge in [0.25, 0.3) is 0 Å². The molecule has 1 amide bonds. The molecule has 2 fully saturated rings. The number of anilines is 4. The monoisotopic (exact) mass is 790 g/mol. The van der Waals surface area contributed by atoms with Gasteiger partial charge in [0.05, 0.1) is 17.3 Å². The summed E-state index contributed by atoms with van der Waals surface area (Å²) in [7, 11) is 0. The number of amidine groups is 1. The molecule has 5 aromatic rings. The van der Waals surface area contributed by atoms with E-state index in [9.17, 15) is 4.79 Å². The van der Waals surface area contributed by atoms with E-state index in [0.717, 1.165) is 104 Å². The number of likely N-dealkylation sites (tertiary alicyclic amines) is 2. The van der Waals surface area contributed by atoms with E-state index in [1.165, 1.54) is 0 Å². The van der Waals surface area contributed by atoms with E-state index >= 15 is 0 Å². The number of fused-ring (bicyclic) bond motifs is 2. The van der Waals surface area contributed by atoms with Gasteiger partial charge in [0.1, 0.15) is 23.8 Å². The van der Waals surface area contributed by atoms with Crippen LogP contribution >= 0.6 is 0 Å². The number of amides is 1. The molecule has 58 heavy (non-hydrogen) atoms. The molecule has 0 bridgehead atoms. The Kier molecular flexibility index (Phi) is 14.8. The van der Waals surface area contributed by atoms with E-state index in [2.05, 4.69) is 55.3 Å². The lowest BCUT2D eigenvalue weighted by Gasteiger charge is -2.32. The van der Waals surface area contributed by atoms with Crippen molar-refractivity contribution in [3.8, 4) is 0 Å². The van der Waals surface area contributed by atoms with Crippen LogP contribution in [-0.4, -0.2) is 103 Å². The fourth-order valence-corrected chi connectivity index (χ4v) is 7.42. The molecule has 17 heteroatoms. The molecule has 0 aliphatic carbocycles. The summed E-state index contributed by atoms with van der Waals surface area (Å²) < 4.78 is 0. The number of nitrogen functional groups attached to an aromatic ring is 2. The molecular weight excluding hydrogens is 733 g/mol. The molecule has 4 aromatic heterocycles. The van der Waals surface area contributed by atoms with Gasteiger partial charge < -0.3 is 33.6 Å². The third-order valence-corrected chi connectivity index (χ3v) is 10.1. The van der Waals surface area contributed by atoms with E-state index < -0.39 is 5.91 Å². The molecule has 0 saturated carbocycles. The van der Waals surface area contributed by atoms with Gasteiger partial charge >= 0.3 is 0 Å². The number of nitrogens with two attached hydrogens (primary N) is 4. The smallest absolute Gasteiger partial charge is 0.248 e. The Bertz CT molecular complexity index is 2240. The number of piperidine rings is 2. The summed E-state index contributed by atoms with van der Waals surface area (Å²) in [6.07, 6.45) is 4.80. The van der Waals surface area contributed by atoms with Gasteiger partial charge in [0, 0.05) is 61.8 Å². The number of carbonyl (C=O) groups excluding carboxylic acids is 1. The summed E-state index contributed by atoms with van der Waals surface area (Å²) in [5.74, 6) is 2.04. The number of pyridine rings is 2. The summed E-state index contributed by atoms with van der Waals surface area (Å²) >= 11 is 0. The van der Waals surface area contributed by atoms with Crippen LogP contribution < -0.4 is 33.6 Å². The lowest BCUT2D eigenvalue weighted by molar-refractivity contribution is 0.1000. The predicted molar refractivity (Wildman–Crippen MR) is 234 cm³/mol. The summed E-state index contributed by atoms with van der Waals surface area (Å²) in [5, 5.41) is 15.4. The van der Waals surface area contributed by atoms with Crippen LogP contribution in [0.2, 0.25) is 0 Å². The zero-order chi connectivity index (χ0) is 41.9. The van der Waals surface area contributed by atoms with Gasteiger partial charge in [-0.3, -0.25) is 20.0 Å². The highest BCUT2D eigenvalue weighted by Gasteiger charge is 2.23. The third-order valence-electron chi connectivity index (χ3n) is 10.1. The Labute approximate surface area is 340 Å². The average Bonchev–Trinajstić information content (AvgIpc) is 3.17. The van der Waals surface area contributed by atoms with Crippen molar-refractivity contribution < 1.29 is 4.79 Å². The first-order valence-electron chi connectivity index (χ1n) is 19.9. The molecular formula is C41H58N16O. The van der Waals surface area contributed by atoms with Gasteiger partial charge in [-0.15, -0.1) is 0 Å². The normalized spacial score (nSPS) is 15.6. The number of nitrogens with one attached hydrogen (secondary N) is 3.